The van der Waals surface area contributed by atoms with Gasteiger partial charge in [0.25, 0.3) is 0 Å². The first-order valence-electron chi connectivity index (χ1n) is 27.7. The third kappa shape index (κ3) is 12.6. The molecule has 14 atom stereocenters. The summed E-state index contributed by atoms with van der Waals surface area (Å²) in [6.45, 7) is 11.4. The summed E-state index contributed by atoms with van der Waals surface area (Å²) in [7, 11) is 0. The molecule has 3 aliphatic heterocycles. The summed E-state index contributed by atoms with van der Waals surface area (Å²) in [5.74, 6) is -12.6. The number of carbonyl (C=O) groups excluding carboxylic acids is 11. The first-order valence-corrected chi connectivity index (χ1v) is 27.7. The molecule has 27 heteroatoms. The minimum Gasteiger partial charge on any atom is -0.460 e. The van der Waals surface area contributed by atoms with Gasteiger partial charge in [-0.2, -0.15) is 0 Å². The first kappa shape index (κ1) is 63.5. The average molecular weight is 1170 g/mol. The molecule has 0 aromatic heterocycles. The van der Waals surface area contributed by atoms with Crippen molar-refractivity contribution in [2.75, 3.05) is 32.8 Å². The highest BCUT2D eigenvalue weighted by molar-refractivity contribution is 5.97. The standard InChI is InChI=1S/C56H77N7O20/c1-26(2)40-49(75)63-18-14-17-31(63)48(74)58-22-35(66)57-23-36(67)60-30(19-37(68)83-52(5,6)7)47(73)59-24-38(69)81-46-44-54(10,33(65)20-34-55(44,25-79-34)82-28(4)64)45(72)42(70)39-27(3)32(21-56(46,78)53(39,8)9)80-50(76)43(71)41(62-51(77)61-40)29-15-12-11-13-16-29/h11-13,15-16,26,30-34,40-44,46,65,70-71,78H,14,17-25H2,1-10H3,(H,57,66)(H,58,74)(H,59,73)(H,60,67)(H2,61,62,77)/t30?,31-,32-,33-,34?,40-,41-,42+,43+,44?,46-,54+,55-,56+/m0/s1. The normalized spacial score (nSPS) is 35.2. The predicted octanol–water partition coefficient (Wildman–Crippen LogP) is -1.69. The Labute approximate surface area is 479 Å². The van der Waals surface area contributed by atoms with Crippen LogP contribution >= 0.6 is 0 Å². The number of amides is 7. The fourth-order valence-electron chi connectivity index (χ4n) is 12.7. The van der Waals surface area contributed by atoms with E-state index in [9.17, 15) is 68.4 Å². The van der Waals surface area contributed by atoms with Crippen LogP contribution in [-0.2, 0) is 71.6 Å². The van der Waals surface area contributed by atoms with E-state index in [-0.39, 0.29) is 36.1 Å². The number of fused-ring (bicyclic) bond motifs is 7. The zero-order valence-corrected chi connectivity index (χ0v) is 48.2. The van der Waals surface area contributed by atoms with E-state index < -0.39 is 205 Å². The summed E-state index contributed by atoms with van der Waals surface area (Å²) < 4.78 is 29.6. The number of hydrogen-bond acceptors (Lipinski definition) is 20. The SMILES string of the molecule is CC(=O)O[C@@]12COC1C[C@H](O)[C@@]1(C)C(=O)[C@H](O)C3=C(C)[C@@H]4C[C@@](O)([C@@H](OC(=O)CNC(=O)C(CC(=O)OC(C)(C)C)NC(=O)CNC(=O)CNC(=O)[C@@H]5CCCN5C(=O)[C@H](C(C)C)NC(=O)N[C@@H](c5ccccc5)[C@@H](O)C(=O)O4)C21)C3(C)C. The summed E-state index contributed by atoms with van der Waals surface area (Å²) in [6, 6.07) is 0.819. The monoisotopic (exact) mass is 1170 g/mol. The van der Waals surface area contributed by atoms with Crippen molar-refractivity contribution >= 4 is 65.2 Å². The van der Waals surface area contributed by atoms with Gasteiger partial charge in [0.1, 0.15) is 60.3 Å². The van der Waals surface area contributed by atoms with Gasteiger partial charge in [0, 0.05) is 31.7 Å². The third-order valence-corrected chi connectivity index (χ3v) is 17.0. The lowest BCUT2D eigenvalue weighted by molar-refractivity contribution is -0.347. The minimum absolute atomic E-state index is 0.00697. The summed E-state index contributed by atoms with van der Waals surface area (Å²) in [4.78, 5) is 155. The lowest BCUT2D eigenvalue weighted by Crippen LogP contribution is -2.81. The molecule has 3 bridgehead atoms. The molecule has 0 radical (unpaired) electrons. The van der Waals surface area contributed by atoms with Crippen molar-refractivity contribution in [1.29, 1.82) is 0 Å². The van der Waals surface area contributed by atoms with Crippen molar-refractivity contribution in [2.45, 2.75) is 179 Å². The lowest BCUT2D eigenvalue weighted by atomic mass is 9.44. The maximum atomic E-state index is 15.3. The second-order valence-corrected chi connectivity index (χ2v) is 24.3. The molecule has 5 fully saturated rings. The number of nitrogens with zero attached hydrogens (tertiary/aromatic N) is 1. The van der Waals surface area contributed by atoms with Gasteiger partial charge in [0.15, 0.2) is 17.5 Å². The largest absolute Gasteiger partial charge is 0.460 e. The first-order chi connectivity index (χ1) is 38.7. The van der Waals surface area contributed by atoms with E-state index in [2.05, 4.69) is 31.9 Å². The van der Waals surface area contributed by atoms with E-state index in [0.717, 1.165) is 6.92 Å². The Morgan fingerprint density at radius 1 is 0.855 bits per heavy atom. The van der Waals surface area contributed by atoms with Crippen molar-refractivity contribution in [3.8, 4) is 0 Å². The molecule has 1 aromatic rings. The second-order valence-electron chi connectivity index (χ2n) is 24.3. The van der Waals surface area contributed by atoms with Crippen molar-refractivity contribution in [3.05, 3.63) is 47.0 Å². The fraction of sp³-hybridized carbons (Fsp3) is 0.661. The van der Waals surface area contributed by atoms with Crippen LogP contribution in [0.5, 0.6) is 0 Å². The molecule has 3 unspecified atom stereocenters. The minimum atomic E-state index is -2.65. The molecule has 10 N–H and O–H groups in total. The number of ether oxygens (including phenoxy) is 5. The summed E-state index contributed by atoms with van der Waals surface area (Å²) in [6.07, 6.45) is -12.6. The maximum Gasteiger partial charge on any atom is 0.338 e. The van der Waals surface area contributed by atoms with Crippen LogP contribution in [0.25, 0.3) is 0 Å². The number of Topliss-reactive ketones (excluding diaryl/α,β-unsaturated/α-hetero) is 1. The van der Waals surface area contributed by atoms with E-state index in [4.69, 9.17) is 23.7 Å². The molecule has 0 spiro atoms. The smallest absolute Gasteiger partial charge is 0.338 e. The number of esters is 4. The number of aliphatic hydroxyl groups excluding tert-OH is 3. The zero-order chi connectivity index (χ0) is 61.5. The number of aliphatic hydroxyl groups is 4. The van der Waals surface area contributed by atoms with Crippen molar-refractivity contribution < 1.29 is 96.9 Å². The van der Waals surface area contributed by atoms with Crippen LogP contribution < -0.4 is 31.9 Å². The number of carbonyl (C=O) groups is 11. The zero-order valence-electron chi connectivity index (χ0n) is 48.2. The van der Waals surface area contributed by atoms with E-state index >= 15 is 4.79 Å². The Morgan fingerprint density at radius 3 is 2.12 bits per heavy atom. The maximum absolute atomic E-state index is 15.3. The van der Waals surface area contributed by atoms with Crippen LogP contribution in [0.4, 0.5) is 4.79 Å². The van der Waals surface area contributed by atoms with Crippen LogP contribution in [0, 0.1) is 22.7 Å². The van der Waals surface area contributed by atoms with Gasteiger partial charge in [-0.15, -0.1) is 0 Å². The van der Waals surface area contributed by atoms with Crippen molar-refractivity contribution in [2.24, 2.45) is 22.7 Å². The predicted molar refractivity (Wildman–Crippen MR) is 285 cm³/mol. The molecule has 7 amide bonds. The number of benzene rings is 1. The van der Waals surface area contributed by atoms with E-state index in [1.165, 1.54) is 44.7 Å². The van der Waals surface area contributed by atoms with Gasteiger partial charge in [-0.05, 0) is 70.1 Å². The second kappa shape index (κ2) is 24.3. The molecular formula is C56H77N7O20. The lowest BCUT2D eigenvalue weighted by Gasteiger charge is -2.67. The number of urea groups is 1. The Balaban J connectivity index is 1.34. The molecule has 27 nitrogen and oxygen atoms in total. The Hall–Kier alpha value is -7.07. The van der Waals surface area contributed by atoms with Gasteiger partial charge in [0.2, 0.25) is 29.5 Å². The molecule has 3 saturated heterocycles. The molecule has 3 heterocycles. The van der Waals surface area contributed by atoms with Crippen LogP contribution in [-0.4, -0.2) is 195 Å². The number of nitrogens with one attached hydrogen (secondary N) is 6. The summed E-state index contributed by atoms with van der Waals surface area (Å²) in [5.41, 5.74) is -9.94. The van der Waals surface area contributed by atoms with Gasteiger partial charge in [-0.25, -0.2) is 9.59 Å². The highest BCUT2D eigenvalue weighted by atomic mass is 16.6. The molecule has 2 saturated carbocycles. The van der Waals surface area contributed by atoms with Gasteiger partial charge in [-0.3, -0.25) is 43.2 Å². The summed E-state index contributed by atoms with van der Waals surface area (Å²) in [5, 5.41) is 64.9. The van der Waals surface area contributed by atoms with Crippen LogP contribution in [0.3, 0.4) is 0 Å². The molecule has 83 heavy (non-hydrogen) atoms. The van der Waals surface area contributed by atoms with E-state index in [1.807, 2.05) is 0 Å². The molecule has 6 aliphatic rings. The van der Waals surface area contributed by atoms with Crippen LogP contribution in [0.1, 0.15) is 113 Å². The highest BCUT2D eigenvalue weighted by Crippen LogP contribution is 2.64. The van der Waals surface area contributed by atoms with E-state index in [1.54, 1.807) is 52.8 Å². The van der Waals surface area contributed by atoms with Crippen LogP contribution in [0.2, 0.25) is 0 Å². The van der Waals surface area contributed by atoms with Crippen molar-refractivity contribution in [1.82, 2.24) is 36.8 Å². The number of ketones is 1. The Bertz CT molecular complexity index is 2800. The van der Waals surface area contributed by atoms with Crippen LogP contribution in [0.15, 0.2) is 41.5 Å². The summed E-state index contributed by atoms with van der Waals surface area (Å²) >= 11 is 0. The van der Waals surface area contributed by atoms with E-state index in [0.29, 0.717) is 6.42 Å². The van der Waals surface area contributed by atoms with Gasteiger partial charge < -0.3 is 80.9 Å². The quantitative estimate of drug-likeness (QED) is 0.0894. The van der Waals surface area contributed by atoms with Gasteiger partial charge >= 0.3 is 29.9 Å². The molecule has 1 aromatic carbocycles. The van der Waals surface area contributed by atoms with Crippen molar-refractivity contribution in [3.63, 3.8) is 0 Å². The molecule has 456 valence electrons. The third-order valence-electron chi connectivity index (χ3n) is 17.0. The average Bonchev–Trinajstić information content (AvgIpc) is 1.26. The Morgan fingerprint density at radius 2 is 1.51 bits per heavy atom. The molecular weight excluding hydrogens is 1090 g/mol. The molecule has 7 rings (SSSR count). The van der Waals surface area contributed by atoms with Gasteiger partial charge in [-0.1, -0.05) is 58.0 Å². The topological polar surface area (TPSA) is 390 Å². The fourth-order valence-corrected chi connectivity index (χ4v) is 12.7. The number of rotatable bonds is 5. The Kier molecular flexibility index (Phi) is 18.6. The van der Waals surface area contributed by atoms with Gasteiger partial charge in [0.05, 0.1) is 49.6 Å². The number of hydrogen-bond donors (Lipinski definition) is 10. The highest BCUT2D eigenvalue weighted by Gasteiger charge is 2.78. The molecule has 3 aliphatic carbocycles.